The van der Waals surface area contributed by atoms with E-state index >= 15 is 0 Å². The number of rotatable bonds is 3. The highest BCUT2D eigenvalue weighted by Crippen LogP contribution is 2.24. The van der Waals surface area contributed by atoms with Gasteiger partial charge in [0.1, 0.15) is 5.69 Å². The summed E-state index contributed by atoms with van der Waals surface area (Å²) in [4.78, 5) is 32.4. The summed E-state index contributed by atoms with van der Waals surface area (Å²) in [6, 6.07) is 7.70. The first kappa shape index (κ1) is 17.8. The molecule has 1 saturated heterocycles. The second-order valence-corrected chi connectivity index (χ2v) is 7.52. The summed E-state index contributed by atoms with van der Waals surface area (Å²) >= 11 is 0. The number of hydrogen-bond acceptors (Lipinski definition) is 3. The molecule has 1 N–H and O–H groups in total. The molecule has 0 spiro atoms. The molecule has 3 heterocycles. The Bertz CT molecular complexity index is 865. The normalized spacial score (nSPS) is 16.7. The Balaban J connectivity index is 1.63. The maximum Gasteiger partial charge on any atom is 0.291 e. The molecule has 6 heteroatoms. The van der Waals surface area contributed by atoms with Gasteiger partial charge in [-0.1, -0.05) is 12.1 Å². The quantitative estimate of drug-likeness (QED) is 0.905. The van der Waals surface area contributed by atoms with Crippen molar-refractivity contribution in [3.05, 3.63) is 47.0 Å². The Kier molecular flexibility index (Phi) is 4.97. The number of fused-ring (bicyclic) bond motifs is 1. The van der Waals surface area contributed by atoms with E-state index in [2.05, 4.69) is 10.3 Å². The number of likely N-dealkylation sites (tertiary alicyclic amines) is 1. The maximum absolute atomic E-state index is 13.0. The number of carbonyl (C=O) groups excluding carboxylic acids is 2. The topological polar surface area (TPSA) is 67.2 Å². The summed E-state index contributed by atoms with van der Waals surface area (Å²) in [6.45, 7) is 4.31. The molecule has 2 amide bonds. The average molecular weight is 366 g/mol. The summed E-state index contributed by atoms with van der Waals surface area (Å²) in [5.74, 6) is 0.0861. The smallest absolute Gasteiger partial charge is 0.291 e. The lowest BCUT2D eigenvalue weighted by atomic mass is 10.1. The molecule has 27 heavy (non-hydrogen) atoms. The summed E-state index contributed by atoms with van der Waals surface area (Å²) in [6.07, 6.45) is 6.11. The monoisotopic (exact) mass is 366 g/mol. The van der Waals surface area contributed by atoms with E-state index in [1.165, 1.54) is 6.42 Å². The summed E-state index contributed by atoms with van der Waals surface area (Å²) < 4.78 is 1.95. The summed E-state index contributed by atoms with van der Waals surface area (Å²) in [5.41, 5.74) is 3.23. The molecule has 0 saturated carbocycles. The molecule has 2 aromatic rings. The summed E-state index contributed by atoms with van der Waals surface area (Å²) in [5, 5.41) is 2.93. The van der Waals surface area contributed by atoms with Crippen LogP contribution in [0.2, 0.25) is 0 Å². The van der Waals surface area contributed by atoms with Crippen LogP contribution in [0.1, 0.15) is 64.5 Å². The number of aromatic nitrogens is 2. The van der Waals surface area contributed by atoms with E-state index in [4.69, 9.17) is 0 Å². The third kappa shape index (κ3) is 3.61. The van der Waals surface area contributed by atoms with Crippen LogP contribution in [0.3, 0.4) is 0 Å². The van der Waals surface area contributed by atoms with Gasteiger partial charge in [0, 0.05) is 25.3 Å². The van der Waals surface area contributed by atoms with Crippen LogP contribution in [0.5, 0.6) is 0 Å². The second-order valence-electron chi connectivity index (χ2n) is 7.52. The Morgan fingerprint density at radius 2 is 1.81 bits per heavy atom. The van der Waals surface area contributed by atoms with Crippen molar-refractivity contribution in [3.63, 3.8) is 0 Å². The highest BCUT2D eigenvalue weighted by molar-refractivity contribution is 6.03. The molecule has 0 atom stereocenters. The first-order valence-electron chi connectivity index (χ1n) is 9.90. The van der Waals surface area contributed by atoms with Gasteiger partial charge in [-0.15, -0.1) is 0 Å². The zero-order valence-corrected chi connectivity index (χ0v) is 15.8. The number of nitrogens with zero attached hydrogens (tertiary/aromatic N) is 3. The van der Waals surface area contributed by atoms with Crippen LogP contribution in [0, 0.1) is 6.92 Å². The molecule has 0 bridgehead atoms. The number of aryl methyl sites for hydroxylation is 1. The van der Waals surface area contributed by atoms with Crippen molar-refractivity contribution < 1.29 is 9.59 Å². The Hall–Kier alpha value is -2.63. The van der Waals surface area contributed by atoms with Crippen molar-refractivity contribution in [2.75, 3.05) is 18.4 Å². The number of hydrogen-bond donors (Lipinski definition) is 1. The molecule has 2 aliphatic heterocycles. The molecule has 0 unspecified atom stereocenters. The van der Waals surface area contributed by atoms with Gasteiger partial charge in [0.05, 0.1) is 5.69 Å². The van der Waals surface area contributed by atoms with Gasteiger partial charge in [0.2, 0.25) is 0 Å². The van der Waals surface area contributed by atoms with Crippen molar-refractivity contribution in [2.45, 2.75) is 52.0 Å². The number of piperidine rings is 1. The van der Waals surface area contributed by atoms with Crippen molar-refractivity contribution in [3.8, 4) is 0 Å². The number of benzene rings is 1. The molecule has 6 nitrogen and oxygen atoms in total. The van der Waals surface area contributed by atoms with Gasteiger partial charge in [0.25, 0.3) is 11.8 Å². The lowest BCUT2D eigenvalue weighted by Gasteiger charge is -2.26. The van der Waals surface area contributed by atoms with Gasteiger partial charge in [-0.2, -0.15) is 0 Å². The van der Waals surface area contributed by atoms with Crippen molar-refractivity contribution in [1.29, 1.82) is 0 Å². The Morgan fingerprint density at radius 1 is 1.04 bits per heavy atom. The molecular formula is C21H26N4O2. The number of carbonyl (C=O) groups is 2. The summed E-state index contributed by atoms with van der Waals surface area (Å²) in [7, 11) is 0. The maximum atomic E-state index is 13.0. The van der Waals surface area contributed by atoms with Crippen LogP contribution in [0.4, 0.5) is 5.69 Å². The van der Waals surface area contributed by atoms with E-state index in [9.17, 15) is 9.59 Å². The molecule has 0 aliphatic carbocycles. The molecule has 1 fully saturated rings. The van der Waals surface area contributed by atoms with Crippen LogP contribution >= 0.6 is 0 Å². The highest BCUT2D eigenvalue weighted by Gasteiger charge is 2.30. The van der Waals surface area contributed by atoms with E-state index < -0.39 is 0 Å². The van der Waals surface area contributed by atoms with E-state index in [0.29, 0.717) is 11.5 Å². The number of imidazole rings is 1. The van der Waals surface area contributed by atoms with E-state index in [1.807, 2.05) is 40.7 Å². The van der Waals surface area contributed by atoms with Crippen molar-refractivity contribution in [2.24, 2.45) is 0 Å². The van der Waals surface area contributed by atoms with Gasteiger partial charge < -0.3 is 14.8 Å². The largest absolute Gasteiger partial charge is 0.337 e. The molecule has 0 radical (unpaired) electrons. The van der Waals surface area contributed by atoms with E-state index in [0.717, 1.165) is 68.7 Å². The van der Waals surface area contributed by atoms with E-state index in [1.54, 1.807) is 0 Å². The predicted octanol–water partition coefficient (Wildman–Crippen LogP) is 3.41. The zero-order valence-electron chi connectivity index (χ0n) is 15.8. The van der Waals surface area contributed by atoms with Gasteiger partial charge in [-0.05, 0) is 63.1 Å². The van der Waals surface area contributed by atoms with E-state index in [-0.39, 0.29) is 11.8 Å². The standard InChI is InChI=1S/C21H26N4O2/c1-15-8-7-9-16(14-15)22-20(26)19-23-18(17-10-3-6-13-25(17)19)21(27)24-11-4-2-5-12-24/h7-9,14H,2-6,10-13H2,1H3,(H,22,26). The fourth-order valence-corrected chi connectivity index (χ4v) is 4.04. The van der Waals surface area contributed by atoms with Crippen LogP contribution < -0.4 is 5.32 Å². The number of nitrogens with one attached hydrogen (secondary N) is 1. The minimum Gasteiger partial charge on any atom is -0.337 e. The minimum atomic E-state index is -0.249. The van der Waals surface area contributed by atoms with Gasteiger partial charge in [0.15, 0.2) is 5.82 Å². The molecule has 4 rings (SSSR count). The lowest BCUT2D eigenvalue weighted by molar-refractivity contribution is 0.0717. The minimum absolute atomic E-state index is 0.0186. The highest BCUT2D eigenvalue weighted by atomic mass is 16.2. The molecule has 1 aromatic heterocycles. The molecule has 2 aliphatic rings. The third-order valence-electron chi connectivity index (χ3n) is 5.44. The van der Waals surface area contributed by atoms with Crippen LogP contribution in [0.25, 0.3) is 0 Å². The first-order chi connectivity index (χ1) is 13.1. The van der Waals surface area contributed by atoms with Gasteiger partial charge >= 0.3 is 0 Å². The van der Waals surface area contributed by atoms with Crippen LogP contribution in [0.15, 0.2) is 24.3 Å². The fraction of sp³-hybridized carbons (Fsp3) is 0.476. The fourth-order valence-electron chi connectivity index (χ4n) is 4.04. The molecule has 142 valence electrons. The van der Waals surface area contributed by atoms with Crippen LogP contribution in [-0.2, 0) is 13.0 Å². The average Bonchev–Trinajstić information content (AvgIpc) is 3.08. The SMILES string of the molecule is Cc1cccc(NC(=O)c2nc(C(=O)N3CCCCC3)c3n2CCCC3)c1. The Morgan fingerprint density at radius 3 is 2.59 bits per heavy atom. The number of amides is 2. The predicted molar refractivity (Wildman–Crippen MR) is 104 cm³/mol. The van der Waals surface area contributed by atoms with Gasteiger partial charge in [-0.3, -0.25) is 9.59 Å². The molecular weight excluding hydrogens is 340 g/mol. The number of anilines is 1. The molecule has 1 aromatic carbocycles. The second kappa shape index (κ2) is 7.55. The zero-order chi connectivity index (χ0) is 18.8. The Labute approximate surface area is 159 Å². The van der Waals surface area contributed by atoms with Gasteiger partial charge in [-0.25, -0.2) is 4.98 Å². The third-order valence-corrected chi connectivity index (χ3v) is 5.44. The lowest BCUT2D eigenvalue weighted by Crippen LogP contribution is -2.36. The van der Waals surface area contributed by atoms with Crippen molar-refractivity contribution in [1.82, 2.24) is 14.5 Å². The van der Waals surface area contributed by atoms with Crippen molar-refractivity contribution >= 4 is 17.5 Å². The van der Waals surface area contributed by atoms with Crippen LogP contribution in [-0.4, -0.2) is 39.4 Å². The first-order valence-corrected chi connectivity index (χ1v) is 9.90.